The molecule has 1 saturated heterocycles. The molecule has 7 nitrogen and oxygen atoms in total. The number of carboxylic acids is 1. The molecule has 102 valence electrons. The molecule has 0 aliphatic carbocycles. The minimum Gasteiger partial charge on any atom is -0.480 e. The van der Waals surface area contributed by atoms with Crippen LogP contribution in [0.3, 0.4) is 0 Å². The third-order valence-corrected chi connectivity index (χ3v) is 2.63. The van der Waals surface area contributed by atoms with Crippen LogP contribution >= 0.6 is 0 Å². The van der Waals surface area contributed by atoms with E-state index in [9.17, 15) is 14.7 Å². The molecule has 1 aliphatic rings. The van der Waals surface area contributed by atoms with Gasteiger partial charge in [0.1, 0.15) is 6.54 Å². The zero-order valence-electron chi connectivity index (χ0n) is 10.1. The van der Waals surface area contributed by atoms with Gasteiger partial charge in [-0.1, -0.05) is 6.08 Å². The highest BCUT2D eigenvalue weighted by Gasteiger charge is 2.30. The number of aliphatic carboxylic acids is 1. The van der Waals surface area contributed by atoms with E-state index in [1.165, 1.54) is 15.9 Å². The second kappa shape index (κ2) is 6.97. The van der Waals surface area contributed by atoms with Crippen LogP contribution in [0, 0.1) is 0 Å². The summed E-state index contributed by atoms with van der Waals surface area (Å²) in [6.45, 7) is 4.04. The van der Waals surface area contributed by atoms with Gasteiger partial charge in [0.25, 0.3) is 0 Å². The summed E-state index contributed by atoms with van der Waals surface area (Å²) in [5, 5.41) is 17.9. The highest BCUT2D eigenvalue weighted by Crippen LogP contribution is 2.10. The number of nitrogens with zero attached hydrogens (tertiary/aromatic N) is 2. The summed E-state index contributed by atoms with van der Waals surface area (Å²) < 4.78 is 5.17. The topological polar surface area (TPSA) is 90.3 Å². The smallest absolute Gasteiger partial charge is 0.323 e. The van der Waals surface area contributed by atoms with Gasteiger partial charge in [-0.05, 0) is 0 Å². The van der Waals surface area contributed by atoms with Crippen molar-refractivity contribution >= 4 is 12.0 Å². The fraction of sp³-hybridized carbons (Fsp3) is 0.636. The number of ether oxygens (including phenoxy) is 1. The number of amides is 2. The van der Waals surface area contributed by atoms with E-state index in [-0.39, 0.29) is 26.3 Å². The first-order valence-corrected chi connectivity index (χ1v) is 5.67. The van der Waals surface area contributed by atoms with Crippen LogP contribution in [0.1, 0.15) is 0 Å². The van der Waals surface area contributed by atoms with Crippen LogP contribution < -0.4 is 0 Å². The van der Waals surface area contributed by atoms with Crippen molar-refractivity contribution in [2.45, 2.75) is 6.04 Å². The van der Waals surface area contributed by atoms with Crippen molar-refractivity contribution in [1.82, 2.24) is 9.80 Å². The van der Waals surface area contributed by atoms with Gasteiger partial charge in [-0.15, -0.1) is 6.58 Å². The summed E-state index contributed by atoms with van der Waals surface area (Å²) in [6.07, 6.45) is 1.47. The van der Waals surface area contributed by atoms with Crippen LogP contribution in [-0.2, 0) is 9.53 Å². The van der Waals surface area contributed by atoms with E-state index in [4.69, 9.17) is 9.84 Å². The monoisotopic (exact) mass is 258 g/mol. The number of urea groups is 1. The first-order valence-electron chi connectivity index (χ1n) is 5.67. The van der Waals surface area contributed by atoms with Crippen molar-refractivity contribution in [3.05, 3.63) is 12.7 Å². The van der Waals surface area contributed by atoms with Crippen molar-refractivity contribution in [3.8, 4) is 0 Å². The van der Waals surface area contributed by atoms with Crippen LogP contribution in [0.2, 0.25) is 0 Å². The number of hydrogen-bond donors (Lipinski definition) is 2. The van der Waals surface area contributed by atoms with Gasteiger partial charge in [-0.25, -0.2) is 4.79 Å². The third-order valence-electron chi connectivity index (χ3n) is 2.63. The van der Waals surface area contributed by atoms with E-state index in [1.54, 1.807) is 0 Å². The van der Waals surface area contributed by atoms with Crippen molar-refractivity contribution in [2.75, 3.05) is 39.5 Å². The number of hydrogen-bond acceptors (Lipinski definition) is 4. The van der Waals surface area contributed by atoms with Crippen molar-refractivity contribution < 1.29 is 24.5 Å². The maximum absolute atomic E-state index is 12.2. The molecule has 0 aromatic carbocycles. The Bertz CT molecular complexity index is 321. The number of aliphatic hydroxyl groups is 1. The Hall–Kier alpha value is -1.60. The van der Waals surface area contributed by atoms with E-state index in [0.29, 0.717) is 13.2 Å². The van der Waals surface area contributed by atoms with Crippen LogP contribution in [0.15, 0.2) is 12.7 Å². The van der Waals surface area contributed by atoms with E-state index in [1.807, 2.05) is 0 Å². The maximum Gasteiger partial charge on any atom is 0.323 e. The Balaban J connectivity index is 2.73. The molecule has 1 atom stereocenters. The summed E-state index contributed by atoms with van der Waals surface area (Å²) in [5.41, 5.74) is 0. The summed E-state index contributed by atoms with van der Waals surface area (Å²) >= 11 is 0. The molecule has 1 heterocycles. The standard InChI is InChI=1S/C11H18N2O5/c1-2-3-12(6-10(15)16)11(17)13-4-5-18-8-9(13)7-14/h2,9,14H,1,3-8H2,(H,15,16). The van der Waals surface area contributed by atoms with Crippen LogP contribution in [0.5, 0.6) is 0 Å². The SMILES string of the molecule is C=CCN(CC(=O)O)C(=O)N1CCOCC1CO. The fourth-order valence-corrected chi connectivity index (χ4v) is 1.77. The number of carbonyl (C=O) groups is 2. The lowest BCUT2D eigenvalue weighted by atomic mass is 10.2. The second-order valence-electron chi connectivity index (χ2n) is 3.95. The van der Waals surface area contributed by atoms with E-state index in [2.05, 4.69) is 6.58 Å². The largest absolute Gasteiger partial charge is 0.480 e. The molecule has 18 heavy (non-hydrogen) atoms. The molecule has 0 aromatic rings. The van der Waals surface area contributed by atoms with Crippen molar-refractivity contribution in [1.29, 1.82) is 0 Å². The van der Waals surface area contributed by atoms with E-state index in [0.717, 1.165) is 0 Å². The molecular weight excluding hydrogens is 240 g/mol. The highest BCUT2D eigenvalue weighted by molar-refractivity contribution is 5.80. The molecule has 0 bridgehead atoms. The number of rotatable bonds is 5. The highest BCUT2D eigenvalue weighted by atomic mass is 16.5. The van der Waals surface area contributed by atoms with E-state index < -0.39 is 18.0 Å². The average Bonchev–Trinajstić information content (AvgIpc) is 2.37. The predicted octanol–water partition coefficient (Wildman–Crippen LogP) is -0.628. The molecule has 1 rings (SSSR count). The Kier molecular flexibility index (Phi) is 5.60. The van der Waals surface area contributed by atoms with Crippen LogP contribution in [0.25, 0.3) is 0 Å². The Morgan fingerprint density at radius 2 is 2.28 bits per heavy atom. The summed E-state index contributed by atoms with van der Waals surface area (Å²) in [6, 6.07) is -0.841. The summed E-state index contributed by atoms with van der Waals surface area (Å²) in [4.78, 5) is 25.5. The Morgan fingerprint density at radius 1 is 1.56 bits per heavy atom. The third kappa shape index (κ3) is 3.71. The minimum absolute atomic E-state index is 0.153. The fourth-order valence-electron chi connectivity index (χ4n) is 1.77. The first kappa shape index (κ1) is 14.5. The molecule has 2 N–H and O–H groups in total. The summed E-state index contributed by atoms with van der Waals surface area (Å²) in [5.74, 6) is -1.08. The zero-order valence-corrected chi connectivity index (χ0v) is 10.1. The first-order chi connectivity index (χ1) is 8.60. The number of aliphatic hydroxyl groups excluding tert-OH is 1. The van der Waals surface area contributed by atoms with Gasteiger partial charge in [-0.2, -0.15) is 0 Å². The Labute approximate surface area is 105 Å². The maximum atomic E-state index is 12.2. The molecule has 1 fully saturated rings. The van der Waals surface area contributed by atoms with Gasteiger partial charge in [0.05, 0.1) is 25.9 Å². The van der Waals surface area contributed by atoms with Gasteiger partial charge >= 0.3 is 12.0 Å². The van der Waals surface area contributed by atoms with E-state index >= 15 is 0 Å². The lowest BCUT2D eigenvalue weighted by molar-refractivity contribution is -0.137. The molecule has 0 aromatic heterocycles. The number of morpholine rings is 1. The van der Waals surface area contributed by atoms with Gasteiger partial charge < -0.3 is 24.7 Å². The molecule has 1 unspecified atom stereocenters. The number of carboxylic acid groups (broad SMARTS) is 1. The molecule has 0 radical (unpaired) electrons. The zero-order chi connectivity index (χ0) is 13.5. The minimum atomic E-state index is -1.08. The predicted molar refractivity (Wildman–Crippen MR) is 63.2 cm³/mol. The van der Waals surface area contributed by atoms with Gasteiger partial charge in [0.15, 0.2) is 0 Å². The van der Waals surface area contributed by atoms with Crippen LogP contribution in [0.4, 0.5) is 4.79 Å². The van der Waals surface area contributed by atoms with Gasteiger partial charge in [-0.3, -0.25) is 4.79 Å². The second-order valence-corrected chi connectivity index (χ2v) is 3.95. The van der Waals surface area contributed by atoms with Gasteiger partial charge in [0, 0.05) is 13.1 Å². The van der Waals surface area contributed by atoms with Gasteiger partial charge in [0.2, 0.25) is 0 Å². The molecular formula is C11H18N2O5. The molecule has 7 heteroatoms. The molecule has 0 spiro atoms. The van der Waals surface area contributed by atoms with Crippen LogP contribution in [-0.4, -0.2) is 77.5 Å². The lowest BCUT2D eigenvalue weighted by Crippen LogP contribution is -2.55. The lowest BCUT2D eigenvalue weighted by Gasteiger charge is -2.37. The summed E-state index contributed by atoms with van der Waals surface area (Å²) in [7, 11) is 0. The molecule has 1 aliphatic heterocycles. The number of carbonyl (C=O) groups excluding carboxylic acids is 1. The van der Waals surface area contributed by atoms with Crippen molar-refractivity contribution in [3.63, 3.8) is 0 Å². The van der Waals surface area contributed by atoms with Crippen molar-refractivity contribution in [2.24, 2.45) is 0 Å². The Morgan fingerprint density at radius 3 is 2.83 bits per heavy atom. The normalized spacial score (nSPS) is 19.4. The molecule has 2 amide bonds. The average molecular weight is 258 g/mol. The quantitative estimate of drug-likeness (QED) is 0.641. The molecule has 0 saturated carbocycles.